The van der Waals surface area contributed by atoms with Crippen molar-refractivity contribution < 1.29 is 18.0 Å². The van der Waals surface area contributed by atoms with Crippen molar-refractivity contribution in [1.29, 1.82) is 0 Å². The van der Waals surface area contributed by atoms with Gasteiger partial charge < -0.3 is 10.2 Å². The fourth-order valence-corrected chi connectivity index (χ4v) is 5.12. The van der Waals surface area contributed by atoms with Crippen molar-refractivity contribution in [2.45, 2.75) is 13.0 Å². The third kappa shape index (κ3) is 4.70. The molecule has 2 aromatic heterocycles. The lowest BCUT2D eigenvalue weighted by molar-refractivity contribution is 0.0794. The molecule has 212 valence electrons. The lowest BCUT2D eigenvalue weighted by atomic mass is 9.96. The van der Waals surface area contributed by atoms with Gasteiger partial charge in [-0.05, 0) is 35.7 Å². The molecular formula is C30H23F3N6O3. The number of carbonyl (C=O) groups is 1. The molecule has 2 aliphatic rings. The molecule has 0 unspecified atom stereocenters. The third-order valence-electron chi connectivity index (χ3n) is 7.21. The second-order valence-electron chi connectivity index (χ2n) is 9.93. The number of nitrogens with one attached hydrogen (secondary N) is 1. The van der Waals surface area contributed by atoms with E-state index in [2.05, 4.69) is 15.3 Å². The van der Waals surface area contributed by atoms with Gasteiger partial charge in [0.1, 0.15) is 5.82 Å². The Hall–Kier alpha value is -5.26. The maximum atomic E-state index is 14.7. The Labute approximate surface area is 236 Å². The van der Waals surface area contributed by atoms with Gasteiger partial charge in [-0.15, -0.1) is 0 Å². The summed E-state index contributed by atoms with van der Waals surface area (Å²) in [7, 11) is 1.67. The van der Waals surface area contributed by atoms with Gasteiger partial charge >= 0.3 is 11.4 Å². The zero-order chi connectivity index (χ0) is 29.5. The van der Waals surface area contributed by atoms with Crippen molar-refractivity contribution >= 4 is 22.6 Å². The number of nitrogens with zero attached hydrogens (tertiary/aromatic N) is 5. The molecule has 42 heavy (non-hydrogen) atoms. The largest absolute Gasteiger partial charge is 0.359 e. The maximum absolute atomic E-state index is 14.7. The average molecular weight is 573 g/mol. The van der Waals surface area contributed by atoms with Crippen LogP contribution in [0.4, 0.5) is 19.1 Å². The first-order valence-corrected chi connectivity index (χ1v) is 13.1. The Bertz CT molecular complexity index is 2000. The fraction of sp³-hybridized carbons (Fsp3) is 0.167. The number of pyridine rings is 1. The summed E-state index contributed by atoms with van der Waals surface area (Å²) in [6.07, 6.45) is 3.33. The average Bonchev–Trinajstić information content (AvgIpc) is 2.98. The molecule has 0 saturated carbocycles. The summed E-state index contributed by atoms with van der Waals surface area (Å²) in [5.41, 5.74) is -0.248. The number of carbonyl (C=O) groups excluding carboxylic acids is 1. The lowest BCUT2D eigenvalue weighted by Crippen LogP contribution is -2.42. The number of anilines is 1. The van der Waals surface area contributed by atoms with Gasteiger partial charge in [0.2, 0.25) is 5.95 Å². The van der Waals surface area contributed by atoms with Gasteiger partial charge in [-0.3, -0.25) is 14.3 Å². The molecule has 0 spiro atoms. The molecule has 3 aromatic carbocycles. The van der Waals surface area contributed by atoms with Crippen LogP contribution < -0.4 is 16.7 Å². The molecule has 1 amide bonds. The van der Waals surface area contributed by atoms with Crippen LogP contribution in [0.15, 0.2) is 76.6 Å². The van der Waals surface area contributed by atoms with Crippen LogP contribution in [0, 0.1) is 17.5 Å². The van der Waals surface area contributed by atoms with E-state index in [1.165, 1.54) is 6.20 Å². The van der Waals surface area contributed by atoms with Crippen LogP contribution in [0.1, 0.15) is 22.3 Å². The maximum Gasteiger partial charge on any atom is 0.359 e. The quantitative estimate of drug-likeness (QED) is 0.322. The molecule has 5 aromatic rings. The minimum absolute atomic E-state index is 0.109. The Kier molecular flexibility index (Phi) is 6.81. The summed E-state index contributed by atoms with van der Waals surface area (Å²) in [5.74, 6) is -4.11. The van der Waals surface area contributed by atoms with E-state index in [-0.39, 0.29) is 29.7 Å². The van der Waals surface area contributed by atoms with Crippen molar-refractivity contribution in [1.82, 2.24) is 24.0 Å². The van der Waals surface area contributed by atoms with Crippen LogP contribution in [0.25, 0.3) is 27.6 Å². The number of hydrogen-bond donors (Lipinski definition) is 1. The Morgan fingerprint density at radius 2 is 1.67 bits per heavy atom. The summed E-state index contributed by atoms with van der Waals surface area (Å²) in [6.45, 7) is -0.0317. The molecular weight excluding hydrogens is 549 g/mol. The van der Waals surface area contributed by atoms with E-state index in [9.17, 15) is 27.6 Å². The highest BCUT2D eigenvalue weighted by molar-refractivity contribution is 6.03. The molecule has 0 atom stereocenters. The van der Waals surface area contributed by atoms with Crippen LogP contribution in [-0.4, -0.2) is 50.0 Å². The van der Waals surface area contributed by atoms with Crippen LogP contribution in [0.2, 0.25) is 0 Å². The van der Waals surface area contributed by atoms with Gasteiger partial charge in [-0.1, -0.05) is 30.3 Å². The minimum Gasteiger partial charge on any atom is -0.355 e. The molecule has 12 heteroatoms. The molecule has 4 heterocycles. The molecule has 9 nitrogen and oxygen atoms in total. The topological polar surface area (TPSA) is 102 Å². The van der Waals surface area contributed by atoms with Gasteiger partial charge in [0.05, 0.1) is 18.4 Å². The van der Waals surface area contributed by atoms with Crippen LogP contribution >= 0.6 is 0 Å². The number of amides is 1. The standard InChI is InChI=1S/C30H23F3N6O3/c1-37-10-4-9-35-28-36-29(41)39(30(42)38(28)16-20-12-23(32)24(33)13-22(20)31)25-15-34-14-19-7-3-8-21(26(19)25)17-5-2-6-18(11-17)27(37)40/h2-3,5-8,11-15H,4,9-10,16H2,1H3,(H,35,36,41). The van der Waals surface area contributed by atoms with Gasteiger partial charge in [0, 0.05) is 54.3 Å². The monoisotopic (exact) mass is 572 g/mol. The summed E-state index contributed by atoms with van der Waals surface area (Å²) in [5, 5.41) is 4.01. The highest BCUT2D eigenvalue weighted by Gasteiger charge is 2.22. The summed E-state index contributed by atoms with van der Waals surface area (Å²) in [6, 6.07) is 13.5. The predicted molar refractivity (Wildman–Crippen MR) is 150 cm³/mol. The number of benzene rings is 3. The Morgan fingerprint density at radius 3 is 2.50 bits per heavy atom. The Morgan fingerprint density at radius 1 is 0.905 bits per heavy atom. The second-order valence-corrected chi connectivity index (χ2v) is 9.93. The van der Waals surface area contributed by atoms with Gasteiger partial charge in [-0.2, -0.15) is 4.98 Å². The van der Waals surface area contributed by atoms with Gasteiger partial charge in [-0.25, -0.2) is 27.3 Å². The van der Waals surface area contributed by atoms with Gasteiger partial charge in [0.25, 0.3) is 5.91 Å². The van der Waals surface area contributed by atoms with Crippen molar-refractivity contribution in [3.8, 4) is 16.8 Å². The molecule has 0 radical (unpaired) electrons. The van der Waals surface area contributed by atoms with E-state index >= 15 is 0 Å². The number of aromatic nitrogens is 4. The molecule has 4 bridgehead atoms. The SMILES string of the molecule is CN1CCCNc2nc(=O)n(c(=O)n2Cc2cc(F)c(F)cc2F)-c2cncc3cccc(c23)-c2cccc(c2)C1=O. The van der Waals surface area contributed by atoms with E-state index in [0.717, 1.165) is 9.13 Å². The van der Waals surface area contributed by atoms with Crippen molar-refractivity contribution in [2.75, 3.05) is 25.5 Å². The van der Waals surface area contributed by atoms with E-state index < -0.39 is 35.4 Å². The van der Waals surface area contributed by atoms with E-state index in [4.69, 9.17) is 0 Å². The molecule has 0 aliphatic carbocycles. The Balaban J connectivity index is 1.65. The zero-order valence-corrected chi connectivity index (χ0v) is 22.3. The normalized spacial score (nSPS) is 13.4. The molecule has 7 rings (SSSR count). The summed E-state index contributed by atoms with van der Waals surface area (Å²) >= 11 is 0. The highest BCUT2D eigenvalue weighted by atomic mass is 19.2. The number of halogens is 3. The number of fused-ring (bicyclic) bond motifs is 7. The molecule has 1 N–H and O–H groups in total. The summed E-state index contributed by atoms with van der Waals surface area (Å²) in [4.78, 5) is 50.6. The first kappa shape index (κ1) is 26.9. The smallest absolute Gasteiger partial charge is 0.355 e. The molecule has 0 fully saturated rings. The fourth-order valence-electron chi connectivity index (χ4n) is 5.12. The molecule has 0 saturated heterocycles. The second kappa shape index (κ2) is 10.6. The zero-order valence-electron chi connectivity index (χ0n) is 22.3. The molecule has 2 aliphatic heterocycles. The van der Waals surface area contributed by atoms with Crippen molar-refractivity contribution in [3.63, 3.8) is 0 Å². The van der Waals surface area contributed by atoms with Gasteiger partial charge in [0.15, 0.2) is 11.6 Å². The van der Waals surface area contributed by atoms with Crippen molar-refractivity contribution in [2.24, 2.45) is 0 Å². The highest BCUT2D eigenvalue weighted by Crippen LogP contribution is 2.32. The number of hydrogen-bond acceptors (Lipinski definition) is 6. The van der Waals surface area contributed by atoms with E-state index in [1.54, 1.807) is 54.5 Å². The van der Waals surface area contributed by atoms with E-state index in [1.807, 2.05) is 6.07 Å². The first-order chi connectivity index (χ1) is 20.2. The third-order valence-corrected chi connectivity index (χ3v) is 7.21. The van der Waals surface area contributed by atoms with E-state index in [0.29, 0.717) is 52.6 Å². The minimum atomic E-state index is -1.37. The number of rotatable bonds is 2. The van der Waals surface area contributed by atoms with Crippen LogP contribution in [0.3, 0.4) is 0 Å². The lowest BCUT2D eigenvalue weighted by Gasteiger charge is -2.20. The van der Waals surface area contributed by atoms with Crippen molar-refractivity contribution in [3.05, 3.63) is 117 Å². The van der Waals surface area contributed by atoms with Crippen LogP contribution in [0.5, 0.6) is 0 Å². The summed E-state index contributed by atoms with van der Waals surface area (Å²) < 4.78 is 44.2. The first-order valence-electron chi connectivity index (χ1n) is 13.1. The predicted octanol–water partition coefficient (Wildman–Crippen LogP) is 3.96. The van der Waals surface area contributed by atoms with Crippen LogP contribution in [-0.2, 0) is 6.54 Å².